The van der Waals surface area contributed by atoms with Crippen molar-refractivity contribution in [1.29, 1.82) is 0 Å². The molecule has 0 saturated carbocycles. The topological polar surface area (TPSA) is 73.1 Å². The van der Waals surface area contributed by atoms with Gasteiger partial charge in [-0.1, -0.05) is 6.07 Å². The second-order valence-electron chi connectivity index (χ2n) is 5.64. The lowest BCUT2D eigenvalue weighted by Gasteiger charge is -2.32. The minimum atomic E-state index is 0.0843. The van der Waals surface area contributed by atoms with Crippen LogP contribution in [0.2, 0.25) is 0 Å². The molecule has 3 heterocycles. The van der Waals surface area contributed by atoms with E-state index in [0.29, 0.717) is 26.1 Å². The van der Waals surface area contributed by atoms with Gasteiger partial charge in [-0.05, 0) is 25.0 Å². The van der Waals surface area contributed by atoms with Gasteiger partial charge in [-0.2, -0.15) is 5.10 Å². The van der Waals surface area contributed by atoms with E-state index in [9.17, 15) is 4.79 Å². The normalized spacial score (nSPS) is 18.1. The number of hydrogen-bond donors (Lipinski definition) is 0. The molecule has 23 heavy (non-hydrogen) atoms. The molecule has 1 aliphatic heterocycles. The number of aromatic nitrogens is 4. The standard InChI is InChI=1S/C16H21N5O2/c22-16(6-9-21-13-17-12-19-21)20-8-3-5-15(10-20)23-11-14-4-1-2-7-18-14/h1-2,4,7,12-13,15H,3,5-6,8-11H2. The number of likely N-dealkylation sites (tertiary alicyclic amines) is 1. The average molecular weight is 315 g/mol. The number of nitrogens with zero attached hydrogens (tertiary/aromatic N) is 5. The Morgan fingerprint density at radius 3 is 3.13 bits per heavy atom. The Kier molecular flexibility index (Phi) is 5.31. The maximum absolute atomic E-state index is 12.3. The van der Waals surface area contributed by atoms with E-state index in [-0.39, 0.29) is 12.0 Å². The molecular weight excluding hydrogens is 294 g/mol. The highest BCUT2D eigenvalue weighted by atomic mass is 16.5. The Morgan fingerprint density at radius 2 is 2.35 bits per heavy atom. The monoisotopic (exact) mass is 315 g/mol. The number of carbonyl (C=O) groups is 1. The largest absolute Gasteiger partial charge is 0.370 e. The highest BCUT2D eigenvalue weighted by molar-refractivity contribution is 5.76. The van der Waals surface area contributed by atoms with Crippen LogP contribution >= 0.6 is 0 Å². The number of carbonyl (C=O) groups excluding carboxylic acids is 1. The van der Waals surface area contributed by atoms with E-state index in [4.69, 9.17) is 4.74 Å². The Bertz CT molecular complexity index is 602. The van der Waals surface area contributed by atoms with Crippen LogP contribution in [0.1, 0.15) is 25.0 Å². The first-order valence-corrected chi connectivity index (χ1v) is 7.93. The molecule has 1 aliphatic rings. The van der Waals surface area contributed by atoms with Crippen molar-refractivity contribution in [3.63, 3.8) is 0 Å². The summed E-state index contributed by atoms with van der Waals surface area (Å²) in [6.07, 6.45) is 7.35. The lowest BCUT2D eigenvalue weighted by atomic mass is 10.1. The number of pyridine rings is 1. The highest BCUT2D eigenvalue weighted by Crippen LogP contribution is 2.15. The van der Waals surface area contributed by atoms with E-state index in [1.54, 1.807) is 17.2 Å². The van der Waals surface area contributed by atoms with Gasteiger partial charge in [0.05, 0.1) is 24.9 Å². The Morgan fingerprint density at radius 1 is 1.39 bits per heavy atom. The molecule has 7 nitrogen and oxygen atoms in total. The SMILES string of the molecule is O=C(CCn1cncn1)N1CCCC(OCc2ccccn2)C1. The Balaban J connectivity index is 1.44. The van der Waals surface area contributed by atoms with Crippen molar-refractivity contribution in [2.75, 3.05) is 13.1 Å². The van der Waals surface area contributed by atoms with Gasteiger partial charge < -0.3 is 9.64 Å². The third kappa shape index (κ3) is 4.59. The molecule has 0 spiro atoms. The third-order valence-corrected chi connectivity index (χ3v) is 3.95. The van der Waals surface area contributed by atoms with E-state index >= 15 is 0 Å². The van der Waals surface area contributed by atoms with E-state index in [2.05, 4.69) is 15.1 Å². The average Bonchev–Trinajstić information content (AvgIpc) is 3.12. The maximum Gasteiger partial charge on any atom is 0.224 e. The number of piperidine rings is 1. The minimum Gasteiger partial charge on any atom is -0.370 e. The second-order valence-corrected chi connectivity index (χ2v) is 5.64. The molecule has 122 valence electrons. The van der Waals surface area contributed by atoms with Crippen molar-refractivity contribution in [3.05, 3.63) is 42.7 Å². The van der Waals surface area contributed by atoms with Crippen LogP contribution in [0.15, 0.2) is 37.1 Å². The summed E-state index contributed by atoms with van der Waals surface area (Å²) in [4.78, 5) is 22.3. The molecule has 1 fully saturated rings. The number of hydrogen-bond acceptors (Lipinski definition) is 5. The van der Waals surface area contributed by atoms with Gasteiger partial charge in [-0.3, -0.25) is 14.5 Å². The summed E-state index contributed by atoms with van der Waals surface area (Å²) in [6, 6.07) is 5.79. The first-order valence-electron chi connectivity index (χ1n) is 7.93. The molecular formula is C16H21N5O2. The number of rotatable bonds is 6. The number of amides is 1. The molecule has 0 bridgehead atoms. The molecule has 1 amide bonds. The summed E-state index contributed by atoms with van der Waals surface area (Å²) < 4.78 is 7.59. The summed E-state index contributed by atoms with van der Waals surface area (Å²) >= 11 is 0. The number of aryl methyl sites for hydroxylation is 1. The molecule has 1 atom stereocenters. The van der Waals surface area contributed by atoms with Crippen LogP contribution in [0.25, 0.3) is 0 Å². The van der Waals surface area contributed by atoms with Gasteiger partial charge in [0.2, 0.25) is 5.91 Å². The molecule has 0 aromatic carbocycles. The Hall–Kier alpha value is -2.28. The molecule has 0 N–H and O–H groups in total. The minimum absolute atomic E-state index is 0.0843. The summed E-state index contributed by atoms with van der Waals surface area (Å²) in [6.45, 7) is 2.52. The summed E-state index contributed by atoms with van der Waals surface area (Å²) in [5, 5.41) is 4.01. The molecule has 2 aromatic rings. The fourth-order valence-corrected chi connectivity index (χ4v) is 2.70. The van der Waals surface area contributed by atoms with Crippen LogP contribution in [-0.4, -0.2) is 49.7 Å². The van der Waals surface area contributed by atoms with Crippen molar-refractivity contribution in [2.24, 2.45) is 0 Å². The van der Waals surface area contributed by atoms with Crippen LogP contribution in [-0.2, 0) is 22.7 Å². The van der Waals surface area contributed by atoms with Crippen molar-refractivity contribution < 1.29 is 9.53 Å². The number of ether oxygens (including phenoxy) is 1. The van der Waals surface area contributed by atoms with Crippen molar-refractivity contribution in [1.82, 2.24) is 24.6 Å². The Labute approximate surface area is 135 Å². The van der Waals surface area contributed by atoms with Crippen molar-refractivity contribution >= 4 is 5.91 Å². The molecule has 0 aliphatic carbocycles. The van der Waals surface area contributed by atoms with E-state index in [0.717, 1.165) is 25.1 Å². The predicted molar refractivity (Wildman–Crippen MR) is 83.3 cm³/mol. The second kappa shape index (κ2) is 7.82. The predicted octanol–water partition coefficient (Wildman–Crippen LogP) is 1.27. The summed E-state index contributed by atoms with van der Waals surface area (Å²) in [5.74, 6) is 0.145. The molecule has 7 heteroatoms. The molecule has 3 rings (SSSR count). The lowest BCUT2D eigenvalue weighted by molar-refractivity contribution is -0.135. The summed E-state index contributed by atoms with van der Waals surface area (Å²) in [5.41, 5.74) is 0.919. The third-order valence-electron chi connectivity index (χ3n) is 3.95. The van der Waals surface area contributed by atoms with Crippen LogP contribution in [0.4, 0.5) is 0 Å². The highest BCUT2D eigenvalue weighted by Gasteiger charge is 2.24. The lowest BCUT2D eigenvalue weighted by Crippen LogP contribution is -2.43. The first kappa shape index (κ1) is 15.6. The van der Waals surface area contributed by atoms with Gasteiger partial charge in [0.1, 0.15) is 12.7 Å². The quantitative estimate of drug-likeness (QED) is 0.802. The zero-order chi connectivity index (χ0) is 15.9. The zero-order valence-electron chi connectivity index (χ0n) is 13.0. The first-order chi connectivity index (χ1) is 11.3. The van der Waals surface area contributed by atoms with E-state index in [1.165, 1.54) is 6.33 Å². The molecule has 0 radical (unpaired) electrons. The molecule has 2 aromatic heterocycles. The van der Waals surface area contributed by atoms with Gasteiger partial charge in [-0.15, -0.1) is 0 Å². The van der Waals surface area contributed by atoms with E-state index in [1.807, 2.05) is 23.1 Å². The van der Waals surface area contributed by atoms with Gasteiger partial charge in [0, 0.05) is 25.7 Å². The van der Waals surface area contributed by atoms with Gasteiger partial charge >= 0.3 is 0 Å². The van der Waals surface area contributed by atoms with Gasteiger partial charge in [0.25, 0.3) is 0 Å². The maximum atomic E-state index is 12.3. The zero-order valence-corrected chi connectivity index (χ0v) is 13.0. The van der Waals surface area contributed by atoms with Crippen molar-refractivity contribution in [2.45, 2.75) is 38.5 Å². The van der Waals surface area contributed by atoms with Gasteiger partial charge in [0.15, 0.2) is 0 Å². The molecule has 1 saturated heterocycles. The smallest absolute Gasteiger partial charge is 0.224 e. The van der Waals surface area contributed by atoms with Crippen LogP contribution in [0.3, 0.4) is 0 Å². The molecule has 1 unspecified atom stereocenters. The van der Waals surface area contributed by atoms with Crippen molar-refractivity contribution in [3.8, 4) is 0 Å². The van der Waals surface area contributed by atoms with Crippen LogP contribution < -0.4 is 0 Å². The van der Waals surface area contributed by atoms with Crippen LogP contribution in [0.5, 0.6) is 0 Å². The van der Waals surface area contributed by atoms with E-state index < -0.39 is 0 Å². The fourth-order valence-electron chi connectivity index (χ4n) is 2.70. The van der Waals surface area contributed by atoms with Gasteiger partial charge in [-0.25, -0.2) is 4.98 Å². The van der Waals surface area contributed by atoms with Crippen LogP contribution in [0, 0.1) is 0 Å². The summed E-state index contributed by atoms with van der Waals surface area (Å²) in [7, 11) is 0. The fraction of sp³-hybridized carbons (Fsp3) is 0.500.